The van der Waals surface area contributed by atoms with Gasteiger partial charge in [-0.1, -0.05) is 11.6 Å². The summed E-state index contributed by atoms with van der Waals surface area (Å²) in [5, 5.41) is 0.00385. The fourth-order valence-electron chi connectivity index (χ4n) is 1.51. The molecule has 0 fully saturated rings. The van der Waals surface area contributed by atoms with Gasteiger partial charge in [-0.05, 0) is 59.2 Å². The van der Waals surface area contributed by atoms with E-state index in [1.165, 1.54) is 6.07 Å². The van der Waals surface area contributed by atoms with E-state index in [0.29, 0.717) is 0 Å². The molecule has 0 spiro atoms. The fraction of sp³-hybridized carbons (Fsp3) is 0.600. The molecule has 0 saturated heterocycles. The van der Waals surface area contributed by atoms with E-state index >= 15 is 0 Å². The maximum absolute atomic E-state index is 12.4. The largest absolute Gasteiger partial charge is 0.443 e. The Bertz CT molecular complexity index is 576. The first-order valence-corrected chi connectivity index (χ1v) is 7.95. The summed E-state index contributed by atoms with van der Waals surface area (Å²) in [6, 6.07) is 1.40. The van der Waals surface area contributed by atoms with Gasteiger partial charge in [-0.2, -0.15) is 0 Å². The van der Waals surface area contributed by atoms with E-state index < -0.39 is 23.4 Å². The van der Waals surface area contributed by atoms with Gasteiger partial charge in [-0.15, -0.1) is 0 Å². The Morgan fingerprint density at radius 2 is 1.46 bits per heavy atom. The average molecular weight is 378 g/mol. The van der Waals surface area contributed by atoms with Crippen molar-refractivity contribution in [2.45, 2.75) is 59.3 Å². The van der Waals surface area contributed by atoms with Crippen LogP contribution in [0.3, 0.4) is 0 Å². The highest BCUT2D eigenvalue weighted by atomic mass is 35.5. The molecule has 1 aromatic rings. The zero-order valence-corrected chi connectivity index (χ0v) is 16.0. The molecule has 0 aromatic carbocycles. The molecule has 9 heteroatoms. The number of rotatable bonds is 2. The van der Waals surface area contributed by atoms with Gasteiger partial charge >= 0.3 is 12.2 Å². The van der Waals surface area contributed by atoms with E-state index in [1.807, 2.05) is 0 Å². The second-order valence-electron chi connectivity index (χ2n) is 7.00. The van der Waals surface area contributed by atoms with Crippen LogP contribution in [-0.2, 0) is 16.0 Å². The van der Waals surface area contributed by atoms with Gasteiger partial charge in [0.25, 0.3) is 0 Å². The lowest BCUT2D eigenvalue weighted by Crippen LogP contribution is -2.43. The van der Waals surface area contributed by atoms with E-state index in [1.54, 1.807) is 41.5 Å². The van der Waals surface area contributed by atoms with Gasteiger partial charge in [-0.3, -0.25) is 0 Å². The standard InChI is InChI=1S/C15H21Cl2N3O4/c1-14(2,3)23-12(21)20(13(22)24-15(4,5)6)8-9-7-10(16)19-11(17)18-9/h7H,8H2,1-6H3. The Balaban J connectivity index is 3.08. The number of aromatic nitrogens is 2. The first kappa shape index (κ1) is 20.4. The minimum absolute atomic E-state index is 0.0918. The molecule has 1 aromatic heterocycles. The molecule has 2 amide bonds. The molecule has 0 unspecified atom stereocenters. The average Bonchev–Trinajstić information content (AvgIpc) is 2.29. The van der Waals surface area contributed by atoms with Gasteiger partial charge in [0, 0.05) is 0 Å². The van der Waals surface area contributed by atoms with E-state index in [0.717, 1.165) is 4.90 Å². The Labute approximate surface area is 151 Å². The van der Waals surface area contributed by atoms with Gasteiger partial charge in [0.15, 0.2) is 0 Å². The van der Waals surface area contributed by atoms with Crippen LogP contribution >= 0.6 is 23.2 Å². The number of carbonyl (C=O) groups excluding carboxylic acids is 2. The van der Waals surface area contributed by atoms with Gasteiger partial charge in [-0.25, -0.2) is 24.5 Å². The SMILES string of the molecule is CC(C)(C)OC(=O)N(Cc1cc(Cl)nc(Cl)n1)C(=O)OC(C)(C)C. The van der Waals surface area contributed by atoms with Crippen molar-refractivity contribution in [3.8, 4) is 0 Å². The summed E-state index contributed by atoms with van der Waals surface area (Å²) >= 11 is 11.6. The number of imide groups is 1. The second kappa shape index (κ2) is 7.53. The van der Waals surface area contributed by atoms with Crippen molar-refractivity contribution in [1.29, 1.82) is 0 Å². The molecule has 0 aliphatic heterocycles. The maximum Gasteiger partial charge on any atom is 0.420 e. The fourth-order valence-corrected chi connectivity index (χ4v) is 1.96. The Morgan fingerprint density at radius 1 is 1.00 bits per heavy atom. The number of hydrogen-bond donors (Lipinski definition) is 0. The number of ether oxygens (including phenoxy) is 2. The topological polar surface area (TPSA) is 81.6 Å². The Kier molecular flexibility index (Phi) is 6.41. The summed E-state index contributed by atoms with van der Waals surface area (Å²) in [6.45, 7) is 9.93. The van der Waals surface area contributed by atoms with Crippen LogP contribution in [0, 0.1) is 0 Å². The minimum atomic E-state index is -0.859. The van der Waals surface area contributed by atoms with Gasteiger partial charge in [0.2, 0.25) is 5.28 Å². The summed E-state index contributed by atoms with van der Waals surface area (Å²) in [4.78, 5) is 33.2. The van der Waals surface area contributed by atoms with Crippen molar-refractivity contribution in [1.82, 2.24) is 14.9 Å². The minimum Gasteiger partial charge on any atom is -0.443 e. The van der Waals surface area contributed by atoms with Gasteiger partial charge in [0.1, 0.15) is 16.4 Å². The van der Waals surface area contributed by atoms with Crippen molar-refractivity contribution in [3.63, 3.8) is 0 Å². The third kappa shape index (κ3) is 7.31. The molecular weight excluding hydrogens is 357 g/mol. The monoisotopic (exact) mass is 377 g/mol. The Hall–Kier alpha value is -1.60. The summed E-state index contributed by atoms with van der Waals surface area (Å²) in [5.41, 5.74) is -1.28. The molecule has 7 nitrogen and oxygen atoms in total. The number of hydrogen-bond acceptors (Lipinski definition) is 6. The molecule has 0 N–H and O–H groups in total. The molecule has 24 heavy (non-hydrogen) atoms. The number of nitrogens with zero attached hydrogens (tertiary/aromatic N) is 3. The van der Waals surface area contributed by atoms with Crippen LogP contribution in [0.1, 0.15) is 47.2 Å². The summed E-state index contributed by atoms with van der Waals surface area (Å²) in [7, 11) is 0. The highest BCUT2D eigenvalue weighted by molar-refractivity contribution is 6.31. The van der Waals surface area contributed by atoms with Crippen LogP contribution in [0.15, 0.2) is 6.07 Å². The first-order valence-electron chi connectivity index (χ1n) is 7.19. The first-order chi connectivity index (χ1) is 10.8. The zero-order valence-electron chi connectivity index (χ0n) is 14.5. The molecule has 0 aliphatic carbocycles. The van der Waals surface area contributed by atoms with Crippen LogP contribution in [0.4, 0.5) is 9.59 Å². The quantitative estimate of drug-likeness (QED) is 0.558. The predicted octanol–water partition coefficient (Wildman–Crippen LogP) is 4.46. The van der Waals surface area contributed by atoms with Crippen LogP contribution in [0.25, 0.3) is 0 Å². The molecule has 1 rings (SSSR count). The van der Waals surface area contributed by atoms with E-state index in [4.69, 9.17) is 32.7 Å². The van der Waals surface area contributed by atoms with E-state index in [2.05, 4.69) is 9.97 Å². The lowest BCUT2D eigenvalue weighted by molar-refractivity contribution is -0.000487. The van der Waals surface area contributed by atoms with Crippen molar-refractivity contribution in [2.24, 2.45) is 0 Å². The summed E-state index contributed by atoms with van der Waals surface area (Å²) in [6.07, 6.45) is -1.72. The van der Waals surface area contributed by atoms with Gasteiger partial charge < -0.3 is 9.47 Å². The van der Waals surface area contributed by atoms with Crippen LogP contribution < -0.4 is 0 Å². The van der Waals surface area contributed by atoms with E-state index in [9.17, 15) is 9.59 Å². The lowest BCUT2D eigenvalue weighted by Gasteiger charge is -2.28. The second-order valence-corrected chi connectivity index (χ2v) is 7.72. The molecule has 1 heterocycles. The highest BCUT2D eigenvalue weighted by Gasteiger charge is 2.31. The van der Waals surface area contributed by atoms with Crippen LogP contribution in [-0.4, -0.2) is 38.3 Å². The van der Waals surface area contributed by atoms with Crippen molar-refractivity contribution in [2.75, 3.05) is 0 Å². The number of halogens is 2. The molecule has 0 bridgehead atoms. The number of amides is 2. The van der Waals surface area contributed by atoms with Crippen molar-refractivity contribution < 1.29 is 19.1 Å². The van der Waals surface area contributed by atoms with Crippen LogP contribution in [0.5, 0.6) is 0 Å². The molecule has 0 aliphatic rings. The van der Waals surface area contributed by atoms with Crippen molar-refractivity contribution >= 4 is 35.4 Å². The van der Waals surface area contributed by atoms with Crippen molar-refractivity contribution in [3.05, 3.63) is 22.2 Å². The normalized spacial score (nSPS) is 11.8. The van der Waals surface area contributed by atoms with E-state index in [-0.39, 0.29) is 22.7 Å². The smallest absolute Gasteiger partial charge is 0.420 e. The van der Waals surface area contributed by atoms with Crippen LogP contribution in [0.2, 0.25) is 10.4 Å². The third-order valence-corrected chi connectivity index (χ3v) is 2.63. The molecule has 0 radical (unpaired) electrons. The lowest BCUT2D eigenvalue weighted by atomic mass is 10.2. The maximum atomic E-state index is 12.4. The zero-order chi connectivity index (χ0) is 18.7. The molecule has 0 atom stereocenters. The summed E-state index contributed by atoms with van der Waals surface area (Å²) < 4.78 is 10.5. The third-order valence-electron chi connectivity index (χ3n) is 2.27. The predicted molar refractivity (Wildman–Crippen MR) is 90.1 cm³/mol. The molecular formula is C15H21Cl2N3O4. The Morgan fingerprint density at radius 3 is 1.83 bits per heavy atom. The summed E-state index contributed by atoms with van der Waals surface area (Å²) in [5.74, 6) is 0. The molecule has 0 saturated carbocycles. The molecule has 134 valence electrons. The highest BCUT2D eigenvalue weighted by Crippen LogP contribution is 2.18. The number of carbonyl (C=O) groups is 2. The van der Waals surface area contributed by atoms with Gasteiger partial charge in [0.05, 0.1) is 12.2 Å².